The molecular weight excluding hydrogens is 256 g/mol. The molecule has 6 N–H and O–H groups in total. The highest BCUT2D eigenvalue weighted by Gasteiger charge is 2.13. The van der Waals surface area contributed by atoms with Crippen molar-refractivity contribution in [3.8, 4) is 0 Å². The van der Waals surface area contributed by atoms with Crippen LogP contribution in [0.3, 0.4) is 0 Å². The van der Waals surface area contributed by atoms with Crippen LogP contribution in [0.4, 0.5) is 11.4 Å². The Morgan fingerprint density at radius 1 is 1.20 bits per heavy atom. The van der Waals surface area contributed by atoms with Gasteiger partial charge in [-0.1, -0.05) is 0 Å². The molecule has 1 aliphatic rings. The number of nitrogens with two attached hydrogens (primary N) is 3. The lowest BCUT2D eigenvalue weighted by Gasteiger charge is -2.30. The van der Waals surface area contributed by atoms with Crippen molar-refractivity contribution in [2.75, 3.05) is 31.2 Å². The number of aryl methyl sites for hydroxylation is 1. The van der Waals surface area contributed by atoms with E-state index in [1.54, 1.807) is 0 Å². The number of morpholine rings is 1. The molecule has 2 rings (SSSR count). The SMILES string of the molecule is Cc1cc(N=C(N)N=C(N)N)ccc1N1CCOCC1. The predicted octanol–water partition coefficient (Wildman–Crippen LogP) is 0.0512. The molecule has 0 saturated carbocycles. The fraction of sp³-hybridized carbons (Fsp3) is 0.385. The summed E-state index contributed by atoms with van der Waals surface area (Å²) in [6.45, 7) is 5.37. The number of hydrogen-bond acceptors (Lipinski definition) is 3. The zero-order valence-corrected chi connectivity index (χ0v) is 11.5. The van der Waals surface area contributed by atoms with Crippen LogP contribution in [0.1, 0.15) is 5.56 Å². The number of guanidine groups is 2. The molecule has 7 heteroatoms. The Balaban J connectivity index is 2.19. The van der Waals surface area contributed by atoms with Gasteiger partial charge >= 0.3 is 0 Å². The summed E-state index contributed by atoms with van der Waals surface area (Å²) >= 11 is 0. The molecule has 1 aromatic rings. The molecule has 0 amide bonds. The molecule has 1 fully saturated rings. The normalized spacial score (nSPS) is 16.1. The van der Waals surface area contributed by atoms with Gasteiger partial charge in [0.25, 0.3) is 0 Å². The van der Waals surface area contributed by atoms with Crippen LogP contribution in [0.2, 0.25) is 0 Å². The van der Waals surface area contributed by atoms with Gasteiger partial charge in [-0.15, -0.1) is 0 Å². The summed E-state index contributed by atoms with van der Waals surface area (Å²) in [6, 6.07) is 5.88. The highest BCUT2D eigenvalue weighted by molar-refractivity contribution is 5.93. The molecule has 108 valence electrons. The maximum atomic E-state index is 5.61. The smallest absolute Gasteiger partial charge is 0.223 e. The highest BCUT2D eigenvalue weighted by Crippen LogP contribution is 2.25. The average Bonchev–Trinajstić information content (AvgIpc) is 2.38. The van der Waals surface area contributed by atoms with E-state index < -0.39 is 0 Å². The second-order valence-electron chi connectivity index (χ2n) is 4.58. The van der Waals surface area contributed by atoms with E-state index in [1.807, 2.05) is 25.1 Å². The minimum atomic E-state index is -0.104. The molecule has 7 nitrogen and oxygen atoms in total. The lowest BCUT2D eigenvalue weighted by atomic mass is 10.1. The summed E-state index contributed by atoms with van der Waals surface area (Å²) < 4.78 is 5.36. The quantitative estimate of drug-likeness (QED) is 0.521. The predicted molar refractivity (Wildman–Crippen MR) is 81.3 cm³/mol. The van der Waals surface area contributed by atoms with Crippen molar-refractivity contribution in [2.24, 2.45) is 27.2 Å². The third-order valence-corrected chi connectivity index (χ3v) is 3.02. The number of benzene rings is 1. The monoisotopic (exact) mass is 276 g/mol. The standard InChI is InChI=1S/C13H20N6O/c1-9-8-10(17-13(16)18-12(14)15)2-3-11(9)19-4-6-20-7-5-19/h2-3,8H,4-7H2,1H3,(H6,14,15,16,17,18). The first kappa shape index (κ1) is 14.1. The van der Waals surface area contributed by atoms with Crippen molar-refractivity contribution in [1.82, 2.24) is 0 Å². The lowest BCUT2D eigenvalue weighted by molar-refractivity contribution is 0.122. The van der Waals surface area contributed by atoms with Crippen LogP contribution in [0, 0.1) is 6.92 Å². The van der Waals surface area contributed by atoms with Crippen LogP contribution in [-0.2, 0) is 4.74 Å². The van der Waals surface area contributed by atoms with Gasteiger partial charge in [-0.3, -0.25) is 0 Å². The topological polar surface area (TPSA) is 115 Å². The summed E-state index contributed by atoms with van der Waals surface area (Å²) in [4.78, 5) is 10.1. The molecule has 1 aliphatic heterocycles. The van der Waals surface area contributed by atoms with Crippen molar-refractivity contribution >= 4 is 23.3 Å². The Hall–Kier alpha value is -2.28. The third kappa shape index (κ3) is 3.61. The fourth-order valence-electron chi connectivity index (χ4n) is 2.16. The highest BCUT2D eigenvalue weighted by atomic mass is 16.5. The third-order valence-electron chi connectivity index (χ3n) is 3.02. The summed E-state index contributed by atoms with van der Waals surface area (Å²) in [5.41, 5.74) is 19.1. The van der Waals surface area contributed by atoms with Crippen LogP contribution < -0.4 is 22.1 Å². The average molecular weight is 276 g/mol. The van der Waals surface area contributed by atoms with Crippen molar-refractivity contribution in [2.45, 2.75) is 6.92 Å². The molecule has 20 heavy (non-hydrogen) atoms. The largest absolute Gasteiger partial charge is 0.378 e. The number of ether oxygens (including phenoxy) is 1. The summed E-state index contributed by atoms with van der Waals surface area (Å²) in [5, 5.41) is 0. The molecule has 0 bridgehead atoms. The zero-order valence-electron chi connectivity index (χ0n) is 11.5. The molecule has 1 saturated heterocycles. The summed E-state index contributed by atoms with van der Waals surface area (Å²) in [5.74, 6) is -0.0589. The van der Waals surface area contributed by atoms with E-state index in [-0.39, 0.29) is 11.9 Å². The van der Waals surface area contributed by atoms with Gasteiger partial charge in [0.2, 0.25) is 5.96 Å². The van der Waals surface area contributed by atoms with E-state index in [9.17, 15) is 0 Å². The van der Waals surface area contributed by atoms with Gasteiger partial charge in [-0.25, -0.2) is 4.99 Å². The summed E-state index contributed by atoms with van der Waals surface area (Å²) in [6.07, 6.45) is 0. The second-order valence-corrected chi connectivity index (χ2v) is 4.58. The van der Waals surface area contributed by atoms with E-state index in [4.69, 9.17) is 21.9 Å². The van der Waals surface area contributed by atoms with Crippen LogP contribution in [-0.4, -0.2) is 38.2 Å². The Morgan fingerprint density at radius 3 is 2.50 bits per heavy atom. The van der Waals surface area contributed by atoms with Crippen molar-refractivity contribution in [3.63, 3.8) is 0 Å². The van der Waals surface area contributed by atoms with Crippen LogP contribution in [0.5, 0.6) is 0 Å². The first-order valence-electron chi connectivity index (χ1n) is 6.43. The number of hydrogen-bond donors (Lipinski definition) is 3. The van der Waals surface area contributed by atoms with Crippen LogP contribution >= 0.6 is 0 Å². The molecule has 0 unspecified atom stereocenters. The minimum absolute atomic E-state index is 0.0449. The molecule has 1 heterocycles. The zero-order chi connectivity index (χ0) is 14.5. The van der Waals surface area contributed by atoms with E-state index in [1.165, 1.54) is 5.69 Å². The Bertz CT molecular complexity index is 530. The van der Waals surface area contributed by atoms with E-state index in [0.717, 1.165) is 37.6 Å². The Labute approximate surface area is 118 Å². The Morgan fingerprint density at radius 2 is 1.90 bits per heavy atom. The van der Waals surface area contributed by atoms with Crippen molar-refractivity contribution in [3.05, 3.63) is 23.8 Å². The number of aliphatic imine (C=N–C) groups is 2. The molecule has 0 spiro atoms. The maximum absolute atomic E-state index is 5.61. The van der Waals surface area contributed by atoms with Gasteiger partial charge in [0.15, 0.2) is 5.96 Å². The minimum Gasteiger partial charge on any atom is -0.378 e. The van der Waals surface area contributed by atoms with Crippen LogP contribution in [0.15, 0.2) is 28.2 Å². The molecule has 0 atom stereocenters. The fourth-order valence-corrected chi connectivity index (χ4v) is 2.16. The number of nitrogens with zero attached hydrogens (tertiary/aromatic N) is 3. The van der Waals surface area contributed by atoms with E-state index >= 15 is 0 Å². The van der Waals surface area contributed by atoms with Gasteiger partial charge in [0, 0.05) is 18.8 Å². The molecule has 1 aromatic carbocycles. The number of anilines is 1. The molecule has 0 aromatic heterocycles. The van der Waals surface area contributed by atoms with Crippen molar-refractivity contribution in [1.29, 1.82) is 0 Å². The van der Waals surface area contributed by atoms with Crippen molar-refractivity contribution < 1.29 is 4.74 Å². The van der Waals surface area contributed by atoms with Crippen LogP contribution in [0.25, 0.3) is 0 Å². The van der Waals surface area contributed by atoms with E-state index in [0.29, 0.717) is 0 Å². The van der Waals surface area contributed by atoms with Gasteiger partial charge in [-0.2, -0.15) is 4.99 Å². The Kier molecular flexibility index (Phi) is 4.41. The maximum Gasteiger partial charge on any atom is 0.223 e. The summed E-state index contributed by atoms with van der Waals surface area (Å²) in [7, 11) is 0. The molecular formula is C13H20N6O. The van der Waals surface area contributed by atoms with Gasteiger partial charge in [-0.05, 0) is 30.7 Å². The molecule has 0 aliphatic carbocycles. The van der Waals surface area contributed by atoms with Gasteiger partial charge in [0.1, 0.15) is 0 Å². The first-order valence-corrected chi connectivity index (χ1v) is 6.43. The number of rotatable bonds is 2. The van der Waals surface area contributed by atoms with Gasteiger partial charge < -0.3 is 26.8 Å². The molecule has 0 radical (unpaired) electrons. The van der Waals surface area contributed by atoms with Gasteiger partial charge in [0.05, 0.1) is 18.9 Å². The first-order chi connectivity index (χ1) is 9.56. The second kappa shape index (κ2) is 6.25. The van der Waals surface area contributed by atoms with E-state index in [2.05, 4.69) is 14.9 Å². The lowest BCUT2D eigenvalue weighted by Crippen LogP contribution is -2.36.